The fraction of sp³-hybridized carbons (Fsp3) is 0.429. The Balaban J connectivity index is 2.19. The predicted molar refractivity (Wildman–Crippen MR) is 63.6 cm³/mol. The third-order valence-corrected chi connectivity index (χ3v) is 3.06. The molecular formula is C14H17N. The molecule has 15 heavy (non-hydrogen) atoms. The largest absolute Gasteiger partial charge is 0.286 e. The Hall–Kier alpha value is -1.26. The molecule has 0 radical (unpaired) electrons. The molecule has 1 aromatic carbocycles. The summed E-state index contributed by atoms with van der Waals surface area (Å²) >= 11 is 0. The van der Waals surface area contributed by atoms with Crippen molar-refractivity contribution in [3.05, 3.63) is 35.4 Å². The molecule has 0 amide bonds. The van der Waals surface area contributed by atoms with E-state index in [0.717, 1.165) is 13.1 Å². The molecule has 78 valence electrons. The van der Waals surface area contributed by atoms with E-state index in [4.69, 9.17) is 6.42 Å². The minimum Gasteiger partial charge on any atom is -0.286 e. The van der Waals surface area contributed by atoms with Crippen molar-refractivity contribution < 1.29 is 0 Å². The number of hydrogen-bond donors (Lipinski definition) is 0. The second kappa shape index (κ2) is 4.51. The molecule has 1 saturated heterocycles. The van der Waals surface area contributed by atoms with Gasteiger partial charge in [-0.1, -0.05) is 35.7 Å². The van der Waals surface area contributed by atoms with Crippen LogP contribution in [-0.4, -0.2) is 18.0 Å². The van der Waals surface area contributed by atoms with Crippen LogP contribution in [0.5, 0.6) is 0 Å². The first-order valence-electron chi connectivity index (χ1n) is 5.58. The van der Waals surface area contributed by atoms with E-state index in [1.165, 1.54) is 24.0 Å². The van der Waals surface area contributed by atoms with Gasteiger partial charge in [-0.05, 0) is 38.4 Å². The lowest BCUT2D eigenvalue weighted by Gasteiger charge is -2.23. The van der Waals surface area contributed by atoms with Crippen molar-refractivity contribution in [1.82, 2.24) is 4.90 Å². The van der Waals surface area contributed by atoms with Gasteiger partial charge in [-0.2, -0.15) is 0 Å². The Labute approximate surface area is 92.1 Å². The first kappa shape index (κ1) is 10.3. The van der Waals surface area contributed by atoms with Crippen LogP contribution in [0.2, 0.25) is 0 Å². The third-order valence-electron chi connectivity index (χ3n) is 3.06. The molecule has 1 aromatic rings. The molecule has 2 rings (SSSR count). The van der Waals surface area contributed by atoms with Crippen LogP contribution in [0.15, 0.2) is 24.3 Å². The van der Waals surface area contributed by atoms with Gasteiger partial charge in [-0.15, -0.1) is 6.42 Å². The number of hydrogen-bond acceptors (Lipinski definition) is 1. The van der Waals surface area contributed by atoms with Crippen LogP contribution in [0.1, 0.15) is 30.0 Å². The summed E-state index contributed by atoms with van der Waals surface area (Å²) in [4.78, 5) is 2.39. The summed E-state index contributed by atoms with van der Waals surface area (Å²) < 4.78 is 0. The lowest BCUT2D eigenvalue weighted by molar-refractivity contribution is 0.296. The zero-order valence-corrected chi connectivity index (χ0v) is 9.24. The maximum atomic E-state index is 5.63. The van der Waals surface area contributed by atoms with E-state index in [-0.39, 0.29) is 6.04 Å². The van der Waals surface area contributed by atoms with Crippen molar-refractivity contribution in [3.63, 3.8) is 0 Å². The van der Waals surface area contributed by atoms with Crippen molar-refractivity contribution in [3.8, 4) is 12.3 Å². The number of terminal acetylenes is 1. The van der Waals surface area contributed by atoms with E-state index in [2.05, 4.69) is 42.0 Å². The minimum atomic E-state index is 0.174. The van der Waals surface area contributed by atoms with Crippen molar-refractivity contribution in [2.45, 2.75) is 25.8 Å². The zero-order valence-electron chi connectivity index (χ0n) is 9.24. The van der Waals surface area contributed by atoms with Crippen LogP contribution in [0.4, 0.5) is 0 Å². The molecule has 1 heteroatoms. The number of aryl methyl sites for hydroxylation is 1. The monoisotopic (exact) mass is 199 g/mol. The SMILES string of the molecule is C#CC(c1ccc(C)cc1)N1CCCC1. The molecule has 1 fully saturated rings. The maximum Gasteiger partial charge on any atom is 0.0968 e. The fourth-order valence-corrected chi connectivity index (χ4v) is 2.16. The zero-order chi connectivity index (χ0) is 10.7. The molecule has 0 bridgehead atoms. The molecule has 0 aliphatic carbocycles. The molecule has 0 saturated carbocycles. The van der Waals surface area contributed by atoms with Gasteiger partial charge in [-0.3, -0.25) is 4.90 Å². The molecule has 1 atom stereocenters. The Morgan fingerprint density at radius 2 is 1.80 bits per heavy atom. The number of nitrogens with zero attached hydrogens (tertiary/aromatic N) is 1. The molecular weight excluding hydrogens is 182 g/mol. The maximum absolute atomic E-state index is 5.63. The predicted octanol–water partition coefficient (Wildman–Crippen LogP) is 2.77. The Morgan fingerprint density at radius 3 is 2.33 bits per heavy atom. The number of likely N-dealkylation sites (tertiary alicyclic amines) is 1. The van der Waals surface area contributed by atoms with Gasteiger partial charge in [0.15, 0.2) is 0 Å². The molecule has 0 spiro atoms. The summed E-state index contributed by atoms with van der Waals surface area (Å²) in [5.41, 5.74) is 2.54. The standard InChI is InChI=1S/C14H17N/c1-3-14(15-10-4-5-11-15)13-8-6-12(2)7-9-13/h1,6-9,14H,4-5,10-11H2,2H3. The van der Waals surface area contributed by atoms with E-state index in [1.807, 2.05) is 0 Å². The number of benzene rings is 1. The smallest absolute Gasteiger partial charge is 0.0968 e. The van der Waals surface area contributed by atoms with Crippen molar-refractivity contribution in [2.24, 2.45) is 0 Å². The average Bonchev–Trinajstić information content (AvgIpc) is 2.75. The Kier molecular flexibility index (Phi) is 3.08. The highest BCUT2D eigenvalue weighted by atomic mass is 15.2. The van der Waals surface area contributed by atoms with Gasteiger partial charge in [0.05, 0.1) is 6.04 Å². The van der Waals surface area contributed by atoms with Crippen LogP contribution < -0.4 is 0 Å². The van der Waals surface area contributed by atoms with Gasteiger partial charge >= 0.3 is 0 Å². The van der Waals surface area contributed by atoms with Gasteiger partial charge < -0.3 is 0 Å². The summed E-state index contributed by atoms with van der Waals surface area (Å²) in [6.07, 6.45) is 8.19. The molecule has 1 heterocycles. The van der Waals surface area contributed by atoms with Crippen LogP contribution >= 0.6 is 0 Å². The van der Waals surface area contributed by atoms with Crippen molar-refractivity contribution in [1.29, 1.82) is 0 Å². The summed E-state index contributed by atoms with van der Waals surface area (Å²) in [5.74, 6) is 2.91. The van der Waals surface area contributed by atoms with Gasteiger partial charge in [-0.25, -0.2) is 0 Å². The normalized spacial score (nSPS) is 18.7. The summed E-state index contributed by atoms with van der Waals surface area (Å²) in [7, 11) is 0. The molecule has 0 aromatic heterocycles. The summed E-state index contributed by atoms with van der Waals surface area (Å²) in [6, 6.07) is 8.75. The Morgan fingerprint density at radius 1 is 1.20 bits per heavy atom. The van der Waals surface area contributed by atoms with E-state index in [1.54, 1.807) is 0 Å². The average molecular weight is 199 g/mol. The van der Waals surface area contributed by atoms with Crippen LogP contribution in [0.3, 0.4) is 0 Å². The topological polar surface area (TPSA) is 3.24 Å². The van der Waals surface area contributed by atoms with Crippen molar-refractivity contribution >= 4 is 0 Å². The first-order valence-corrected chi connectivity index (χ1v) is 5.58. The van der Waals surface area contributed by atoms with Gasteiger partial charge in [0.1, 0.15) is 0 Å². The number of rotatable bonds is 2. The van der Waals surface area contributed by atoms with E-state index < -0.39 is 0 Å². The van der Waals surface area contributed by atoms with Crippen LogP contribution in [0.25, 0.3) is 0 Å². The highest BCUT2D eigenvalue weighted by Crippen LogP contribution is 2.24. The molecule has 1 nitrogen and oxygen atoms in total. The van der Waals surface area contributed by atoms with Gasteiger partial charge in [0, 0.05) is 0 Å². The van der Waals surface area contributed by atoms with Crippen LogP contribution in [-0.2, 0) is 0 Å². The quantitative estimate of drug-likeness (QED) is 0.662. The van der Waals surface area contributed by atoms with E-state index in [0.29, 0.717) is 0 Å². The highest BCUT2D eigenvalue weighted by Gasteiger charge is 2.20. The minimum absolute atomic E-state index is 0.174. The van der Waals surface area contributed by atoms with E-state index >= 15 is 0 Å². The van der Waals surface area contributed by atoms with Crippen molar-refractivity contribution in [2.75, 3.05) is 13.1 Å². The van der Waals surface area contributed by atoms with E-state index in [9.17, 15) is 0 Å². The Bertz CT molecular complexity index is 352. The summed E-state index contributed by atoms with van der Waals surface area (Å²) in [5, 5.41) is 0. The van der Waals surface area contributed by atoms with Gasteiger partial charge in [0.2, 0.25) is 0 Å². The first-order chi connectivity index (χ1) is 7.31. The molecule has 1 aliphatic rings. The van der Waals surface area contributed by atoms with Crippen LogP contribution in [0, 0.1) is 19.3 Å². The highest BCUT2D eigenvalue weighted by molar-refractivity contribution is 5.29. The third kappa shape index (κ3) is 2.22. The second-order valence-electron chi connectivity index (χ2n) is 4.22. The second-order valence-corrected chi connectivity index (χ2v) is 4.22. The van der Waals surface area contributed by atoms with Gasteiger partial charge in [0.25, 0.3) is 0 Å². The lowest BCUT2D eigenvalue weighted by atomic mass is 10.0. The molecule has 0 N–H and O–H groups in total. The summed E-state index contributed by atoms with van der Waals surface area (Å²) in [6.45, 7) is 4.38. The lowest BCUT2D eigenvalue weighted by Crippen LogP contribution is -2.24. The molecule has 1 unspecified atom stereocenters. The molecule has 1 aliphatic heterocycles. The fourth-order valence-electron chi connectivity index (χ4n) is 2.16.